The normalized spacial score (nSPS) is 29.1. The van der Waals surface area contributed by atoms with Gasteiger partial charge >= 0.3 is 0 Å². The Bertz CT molecular complexity index is 521. The van der Waals surface area contributed by atoms with E-state index in [1.165, 1.54) is 10.6 Å². The molecule has 106 valence electrons. The quantitative estimate of drug-likeness (QED) is 0.778. The predicted molar refractivity (Wildman–Crippen MR) is 64.8 cm³/mol. The molecular formula is C11H16N2O5S. The van der Waals surface area contributed by atoms with Crippen molar-refractivity contribution >= 4 is 10.0 Å². The molecule has 1 aromatic rings. The smallest absolute Gasteiger partial charge is 0.220 e. The molecule has 1 unspecified atom stereocenters. The summed E-state index contributed by atoms with van der Waals surface area (Å²) in [6.07, 6.45) is 2.05. The molecule has 0 amide bonds. The van der Waals surface area contributed by atoms with E-state index in [4.69, 9.17) is 9.47 Å². The summed E-state index contributed by atoms with van der Waals surface area (Å²) in [6, 6.07) is 1.57. The first-order chi connectivity index (χ1) is 9.12. The van der Waals surface area contributed by atoms with Gasteiger partial charge in [-0.25, -0.2) is 8.42 Å². The summed E-state index contributed by atoms with van der Waals surface area (Å²) < 4.78 is 42.1. The minimum atomic E-state index is -3.45. The summed E-state index contributed by atoms with van der Waals surface area (Å²) in [6.45, 7) is 2.14. The minimum absolute atomic E-state index is 0.148. The second-order valence-corrected chi connectivity index (χ2v) is 6.79. The molecule has 1 aromatic heterocycles. The number of rotatable bonds is 3. The van der Waals surface area contributed by atoms with Crippen molar-refractivity contribution in [3.05, 3.63) is 18.0 Å². The standard InChI is InChI=1S/C11H16N2O5S/c14-19(15,7-10-1-4-18-12-10)13-3-6-17-9-11(13)2-5-16-8-11/h1,4H,2-3,5-9H2. The summed E-state index contributed by atoms with van der Waals surface area (Å²) in [5.41, 5.74) is -0.124. The highest BCUT2D eigenvalue weighted by molar-refractivity contribution is 7.88. The Morgan fingerprint density at radius 2 is 2.11 bits per heavy atom. The van der Waals surface area contributed by atoms with E-state index in [1.807, 2.05) is 0 Å². The van der Waals surface area contributed by atoms with Gasteiger partial charge in [-0.2, -0.15) is 4.31 Å². The first-order valence-corrected chi connectivity index (χ1v) is 7.79. The van der Waals surface area contributed by atoms with Gasteiger partial charge in [0.2, 0.25) is 10.0 Å². The monoisotopic (exact) mass is 288 g/mol. The third-order valence-corrected chi connectivity index (χ3v) is 5.48. The number of hydrogen-bond acceptors (Lipinski definition) is 6. The van der Waals surface area contributed by atoms with E-state index in [9.17, 15) is 8.42 Å². The molecule has 2 aliphatic heterocycles. The second kappa shape index (κ2) is 4.86. The van der Waals surface area contributed by atoms with Gasteiger partial charge in [-0.3, -0.25) is 0 Å². The molecule has 2 aliphatic rings. The number of sulfonamides is 1. The van der Waals surface area contributed by atoms with Crippen LogP contribution in [0.3, 0.4) is 0 Å². The lowest BCUT2D eigenvalue weighted by molar-refractivity contribution is -0.0294. The molecule has 19 heavy (non-hydrogen) atoms. The lowest BCUT2D eigenvalue weighted by atomic mass is 9.99. The summed E-state index contributed by atoms with van der Waals surface area (Å²) in [4.78, 5) is 0. The van der Waals surface area contributed by atoms with Crippen molar-refractivity contribution in [1.82, 2.24) is 9.46 Å². The van der Waals surface area contributed by atoms with E-state index in [-0.39, 0.29) is 5.75 Å². The molecule has 0 aliphatic carbocycles. The molecule has 0 aromatic carbocycles. The van der Waals surface area contributed by atoms with Gasteiger partial charge in [0.15, 0.2) is 0 Å². The third-order valence-electron chi connectivity index (χ3n) is 3.58. The summed E-state index contributed by atoms with van der Waals surface area (Å²) in [7, 11) is -3.45. The number of nitrogens with zero attached hydrogens (tertiary/aromatic N) is 2. The van der Waals surface area contributed by atoms with Gasteiger partial charge in [0, 0.05) is 19.2 Å². The zero-order valence-electron chi connectivity index (χ0n) is 10.4. The van der Waals surface area contributed by atoms with Gasteiger partial charge in [-0.15, -0.1) is 0 Å². The van der Waals surface area contributed by atoms with Crippen LogP contribution < -0.4 is 0 Å². The molecule has 7 nitrogen and oxygen atoms in total. The number of hydrogen-bond donors (Lipinski definition) is 0. The first kappa shape index (κ1) is 13.0. The zero-order chi connectivity index (χ0) is 13.3. The van der Waals surface area contributed by atoms with Crippen molar-refractivity contribution in [2.24, 2.45) is 0 Å². The van der Waals surface area contributed by atoms with E-state index >= 15 is 0 Å². The highest BCUT2D eigenvalue weighted by Crippen LogP contribution is 2.32. The number of aromatic nitrogens is 1. The number of morpholine rings is 1. The summed E-state index contributed by atoms with van der Waals surface area (Å²) in [5.74, 6) is -0.148. The maximum Gasteiger partial charge on any atom is 0.220 e. The van der Waals surface area contributed by atoms with Gasteiger partial charge < -0.3 is 14.0 Å². The second-order valence-electron chi connectivity index (χ2n) is 4.90. The molecule has 0 N–H and O–H groups in total. The maximum absolute atomic E-state index is 12.5. The van der Waals surface area contributed by atoms with Crippen LogP contribution in [0.1, 0.15) is 12.1 Å². The summed E-state index contributed by atoms with van der Waals surface area (Å²) >= 11 is 0. The molecule has 1 atom stereocenters. The predicted octanol–water partition coefficient (Wildman–Crippen LogP) is -0.00430. The van der Waals surface area contributed by atoms with E-state index < -0.39 is 15.6 Å². The van der Waals surface area contributed by atoms with Gasteiger partial charge in [0.1, 0.15) is 12.0 Å². The van der Waals surface area contributed by atoms with E-state index in [0.29, 0.717) is 45.1 Å². The Hall–Kier alpha value is -0.960. The minimum Gasteiger partial charge on any atom is -0.379 e. The van der Waals surface area contributed by atoms with Crippen molar-refractivity contribution < 1.29 is 22.4 Å². The van der Waals surface area contributed by atoms with Crippen LogP contribution in [-0.4, -0.2) is 56.4 Å². The molecule has 0 saturated carbocycles. The topological polar surface area (TPSA) is 81.9 Å². The highest BCUT2D eigenvalue weighted by atomic mass is 32.2. The Labute approximate surface area is 111 Å². The van der Waals surface area contributed by atoms with Gasteiger partial charge in [0.05, 0.1) is 31.1 Å². The molecule has 0 radical (unpaired) electrons. The Balaban J connectivity index is 1.85. The highest BCUT2D eigenvalue weighted by Gasteiger charge is 2.48. The van der Waals surface area contributed by atoms with Gasteiger partial charge in [-0.05, 0) is 6.42 Å². The van der Waals surface area contributed by atoms with Crippen LogP contribution in [0, 0.1) is 0 Å². The van der Waals surface area contributed by atoms with Crippen molar-refractivity contribution in [2.45, 2.75) is 17.7 Å². The van der Waals surface area contributed by atoms with Crippen LogP contribution in [0.5, 0.6) is 0 Å². The van der Waals surface area contributed by atoms with E-state index in [0.717, 1.165) is 0 Å². The maximum atomic E-state index is 12.5. The largest absolute Gasteiger partial charge is 0.379 e. The van der Waals surface area contributed by atoms with Crippen molar-refractivity contribution in [3.63, 3.8) is 0 Å². The molecule has 2 saturated heterocycles. The SMILES string of the molecule is O=S(=O)(Cc1ccon1)N1CCOCC12CCOC2. The van der Waals surface area contributed by atoms with E-state index in [1.54, 1.807) is 6.07 Å². The molecule has 3 rings (SSSR count). The molecule has 0 bridgehead atoms. The fraction of sp³-hybridized carbons (Fsp3) is 0.727. The van der Waals surface area contributed by atoms with E-state index in [2.05, 4.69) is 9.68 Å². The lowest BCUT2D eigenvalue weighted by Gasteiger charge is -2.42. The molecule has 3 heterocycles. The molecule has 2 fully saturated rings. The van der Waals surface area contributed by atoms with Crippen molar-refractivity contribution in [2.75, 3.05) is 33.0 Å². The average Bonchev–Trinajstić information content (AvgIpc) is 3.02. The van der Waals surface area contributed by atoms with Crippen LogP contribution in [0.25, 0.3) is 0 Å². The Kier molecular flexibility index (Phi) is 3.34. The molecule has 1 spiro atoms. The fourth-order valence-corrected chi connectivity index (χ4v) is 4.45. The van der Waals surface area contributed by atoms with Crippen LogP contribution in [0.2, 0.25) is 0 Å². The van der Waals surface area contributed by atoms with Crippen molar-refractivity contribution in [3.8, 4) is 0 Å². The average molecular weight is 288 g/mol. The first-order valence-electron chi connectivity index (χ1n) is 6.18. The lowest BCUT2D eigenvalue weighted by Crippen LogP contribution is -2.59. The Morgan fingerprint density at radius 1 is 1.32 bits per heavy atom. The van der Waals surface area contributed by atoms with Crippen LogP contribution in [0.4, 0.5) is 0 Å². The molecule has 8 heteroatoms. The zero-order valence-corrected chi connectivity index (χ0v) is 11.3. The Morgan fingerprint density at radius 3 is 2.74 bits per heavy atom. The summed E-state index contributed by atoms with van der Waals surface area (Å²) in [5, 5.41) is 3.67. The third kappa shape index (κ3) is 2.40. The van der Waals surface area contributed by atoms with Crippen LogP contribution in [-0.2, 0) is 25.2 Å². The van der Waals surface area contributed by atoms with Gasteiger partial charge in [-0.1, -0.05) is 5.16 Å². The van der Waals surface area contributed by atoms with Crippen molar-refractivity contribution in [1.29, 1.82) is 0 Å². The van der Waals surface area contributed by atoms with Crippen LogP contribution in [0.15, 0.2) is 16.9 Å². The van der Waals surface area contributed by atoms with Crippen LogP contribution >= 0.6 is 0 Å². The number of ether oxygens (including phenoxy) is 2. The van der Waals surface area contributed by atoms with Gasteiger partial charge in [0.25, 0.3) is 0 Å². The fourth-order valence-electron chi connectivity index (χ4n) is 2.64. The molecular weight excluding hydrogens is 272 g/mol.